The van der Waals surface area contributed by atoms with Crippen LogP contribution >= 0.6 is 15.9 Å². The van der Waals surface area contributed by atoms with Gasteiger partial charge in [0.05, 0.1) is 33.7 Å². The molecule has 0 saturated carbocycles. The van der Waals surface area contributed by atoms with Crippen LogP contribution in [0.25, 0.3) is 0 Å². The summed E-state index contributed by atoms with van der Waals surface area (Å²) >= 11 is 3.41. The smallest absolute Gasteiger partial charge is 0.416 e. The molecule has 2 aromatic heterocycles. The van der Waals surface area contributed by atoms with Gasteiger partial charge in [-0.25, -0.2) is 0 Å². The van der Waals surface area contributed by atoms with Gasteiger partial charge < -0.3 is 14.5 Å². The molecule has 0 atom stereocenters. The highest BCUT2D eigenvalue weighted by atomic mass is 79.9. The summed E-state index contributed by atoms with van der Waals surface area (Å²) in [4.78, 5) is 12.8. The van der Waals surface area contributed by atoms with Crippen molar-refractivity contribution in [3.8, 4) is 5.75 Å². The summed E-state index contributed by atoms with van der Waals surface area (Å²) in [5.74, 6) is 0.746. The first kappa shape index (κ1) is 24.6. The third-order valence-corrected chi connectivity index (χ3v) is 5.95. The SMILES string of the molecule is Cc1nn(Cc2cccc(C(F)(F)F)c2)c(C)c1NC(=O)c1ccc(COc2ccccc2Br)o1. The van der Waals surface area contributed by atoms with E-state index in [2.05, 4.69) is 26.3 Å². The minimum atomic E-state index is -4.42. The second kappa shape index (κ2) is 9.99. The molecule has 10 heteroatoms. The standard InChI is InChI=1S/C25H21BrF3N3O3/c1-15-23(16(2)32(31-15)13-17-6-5-7-18(12-17)25(27,28)29)30-24(33)22-11-10-19(35-22)14-34-21-9-4-3-8-20(21)26/h3-12H,13-14H2,1-2H3,(H,30,33). The third-order valence-electron chi connectivity index (χ3n) is 5.30. The van der Waals surface area contributed by atoms with Crippen LogP contribution in [0, 0.1) is 13.8 Å². The number of anilines is 1. The van der Waals surface area contributed by atoms with Crippen molar-refractivity contribution < 1.29 is 27.1 Å². The number of nitrogens with zero attached hydrogens (tertiary/aromatic N) is 2. The Morgan fingerprint density at radius 3 is 2.63 bits per heavy atom. The monoisotopic (exact) mass is 547 g/mol. The molecule has 0 fully saturated rings. The maximum Gasteiger partial charge on any atom is 0.416 e. The first-order valence-electron chi connectivity index (χ1n) is 10.6. The van der Waals surface area contributed by atoms with Gasteiger partial charge in [0.2, 0.25) is 0 Å². The van der Waals surface area contributed by atoms with Gasteiger partial charge in [0, 0.05) is 0 Å². The van der Waals surface area contributed by atoms with Crippen LogP contribution in [0.3, 0.4) is 0 Å². The Labute approximate surface area is 207 Å². The number of halogens is 4. The van der Waals surface area contributed by atoms with Crippen LogP contribution in [0.1, 0.15) is 38.8 Å². The summed E-state index contributed by atoms with van der Waals surface area (Å²) in [6, 6.07) is 15.7. The van der Waals surface area contributed by atoms with E-state index in [9.17, 15) is 18.0 Å². The number of ether oxygens (including phenoxy) is 1. The normalized spacial score (nSPS) is 11.5. The van der Waals surface area contributed by atoms with Crippen molar-refractivity contribution in [1.29, 1.82) is 0 Å². The molecule has 35 heavy (non-hydrogen) atoms. The van der Waals surface area contributed by atoms with Crippen molar-refractivity contribution >= 4 is 27.5 Å². The van der Waals surface area contributed by atoms with Crippen molar-refractivity contribution in [2.75, 3.05) is 5.32 Å². The average molecular weight is 548 g/mol. The van der Waals surface area contributed by atoms with E-state index < -0.39 is 17.6 Å². The summed E-state index contributed by atoms with van der Waals surface area (Å²) in [5, 5.41) is 7.17. The summed E-state index contributed by atoms with van der Waals surface area (Å²) in [6.45, 7) is 3.72. The molecule has 4 aromatic rings. The number of aromatic nitrogens is 2. The van der Waals surface area contributed by atoms with Crippen molar-refractivity contribution in [2.45, 2.75) is 33.2 Å². The molecule has 0 aliphatic heterocycles. The summed E-state index contributed by atoms with van der Waals surface area (Å²) in [6.07, 6.45) is -4.42. The molecular formula is C25H21BrF3N3O3. The number of carbonyl (C=O) groups excluding carboxylic acids is 1. The van der Waals surface area contributed by atoms with Gasteiger partial charge in [-0.3, -0.25) is 9.48 Å². The number of nitrogens with one attached hydrogen (secondary N) is 1. The van der Waals surface area contributed by atoms with Gasteiger partial charge >= 0.3 is 6.18 Å². The van der Waals surface area contributed by atoms with Crippen molar-refractivity contribution in [2.24, 2.45) is 0 Å². The number of carbonyl (C=O) groups is 1. The van der Waals surface area contributed by atoms with E-state index >= 15 is 0 Å². The second-order valence-electron chi connectivity index (χ2n) is 7.84. The minimum Gasteiger partial charge on any atom is -0.484 e. The van der Waals surface area contributed by atoms with Gasteiger partial charge in [0.15, 0.2) is 5.76 Å². The number of para-hydroxylation sites is 1. The minimum absolute atomic E-state index is 0.0974. The highest BCUT2D eigenvalue weighted by Crippen LogP contribution is 2.30. The summed E-state index contributed by atoms with van der Waals surface area (Å²) in [5.41, 5.74) is 1.35. The third kappa shape index (κ3) is 5.76. The van der Waals surface area contributed by atoms with E-state index in [4.69, 9.17) is 9.15 Å². The van der Waals surface area contributed by atoms with E-state index in [1.807, 2.05) is 24.3 Å². The molecule has 0 saturated heterocycles. The Bertz CT molecular complexity index is 1360. The van der Waals surface area contributed by atoms with Crippen LogP contribution in [-0.4, -0.2) is 15.7 Å². The first-order valence-corrected chi connectivity index (χ1v) is 11.4. The molecular weight excluding hydrogens is 527 g/mol. The lowest BCUT2D eigenvalue weighted by atomic mass is 10.1. The van der Waals surface area contributed by atoms with Crippen LogP contribution in [0.2, 0.25) is 0 Å². The van der Waals surface area contributed by atoms with Crippen molar-refractivity contribution in [1.82, 2.24) is 9.78 Å². The highest BCUT2D eigenvalue weighted by Gasteiger charge is 2.30. The number of furan rings is 1. The van der Waals surface area contributed by atoms with Crippen LogP contribution in [0.4, 0.5) is 18.9 Å². The number of amides is 1. The Hall–Kier alpha value is -3.53. The van der Waals surface area contributed by atoms with Crippen LogP contribution in [0.5, 0.6) is 5.75 Å². The van der Waals surface area contributed by atoms with Gasteiger partial charge in [0.1, 0.15) is 18.1 Å². The zero-order chi connectivity index (χ0) is 25.2. The van der Waals surface area contributed by atoms with Gasteiger partial charge in [0.25, 0.3) is 5.91 Å². The topological polar surface area (TPSA) is 69.3 Å². The highest BCUT2D eigenvalue weighted by molar-refractivity contribution is 9.10. The summed E-state index contributed by atoms with van der Waals surface area (Å²) in [7, 11) is 0. The number of hydrogen-bond donors (Lipinski definition) is 1. The van der Waals surface area contributed by atoms with E-state index in [0.717, 1.165) is 16.6 Å². The fraction of sp³-hybridized carbons (Fsp3) is 0.200. The Kier molecular flexibility index (Phi) is 7.02. The van der Waals surface area contributed by atoms with Crippen molar-refractivity contribution in [3.63, 3.8) is 0 Å². The molecule has 0 radical (unpaired) electrons. The van der Waals surface area contributed by atoms with E-state index in [-0.39, 0.29) is 18.9 Å². The lowest BCUT2D eigenvalue weighted by molar-refractivity contribution is -0.137. The lowest BCUT2D eigenvalue weighted by Gasteiger charge is -2.10. The van der Waals surface area contributed by atoms with Crippen LogP contribution in [0.15, 0.2) is 69.6 Å². The predicted molar refractivity (Wildman–Crippen MR) is 127 cm³/mol. The Balaban J connectivity index is 1.44. The maximum atomic E-state index is 13.0. The Morgan fingerprint density at radius 2 is 1.89 bits per heavy atom. The molecule has 0 aliphatic carbocycles. The zero-order valence-electron chi connectivity index (χ0n) is 18.8. The van der Waals surface area contributed by atoms with Crippen LogP contribution < -0.4 is 10.1 Å². The fourth-order valence-electron chi connectivity index (χ4n) is 3.51. The van der Waals surface area contributed by atoms with Gasteiger partial charge in [-0.1, -0.05) is 24.3 Å². The molecule has 0 spiro atoms. The molecule has 2 heterocycles. The molecule has 1 amide bonds. The second-order valence-corrected chi connectivity index (χ2v) is 8.70. The largest absolute Gasteiger partial charge is 0.484 e. The first-order chi connectivity index (χ1) is 16.6. The van der Waals surface area contributed by atoms with Gasteiger partial charge in [-0.15, -0.1) is 0 Å². The number of hydrogen-bond acceptors (Lipinski definition) is 4. The number of benzene rings is 2. The van der Waals surface area contributed by atoms with Gasteiger partial charge in [-0.2, -0.15) is 18.3 Å². The van der Waals surface area contributed by atoms with E-state index in [0.29, 0.717) is 34.1 Å². The fourth-order valence-corrected chi connectivity index (χ4v) is 3.91. The van der Waals surface area contributed by atoms with E-state index in [1.165, 1.54) is 6.07 Å². The molecule has 6 nitrogen and oxygen atoms in total. The number of aryl methyl sites for hydroxylation is 1. The molecule has 1 N–H and O–H groups in total. The number of alkyl halides is 3. The molecule has 2 aromatic carbocycles. The zero-order valence-corrected chi connectivity index (χ0v) is 20.4. The van der Waals surface area contributed by atoms with E-state index in [1.54, 1.807) is 36.7 Å². The lowest BCUT2D eigenvalue weighted by Crippen LogP contribution is -2.13. The predicted octanol–water partition coefficient (Wildman–Crippen LogP) is 6.75. The molecule has 0 unspecified atom stereocenters. The van der Waals surface area contributed by atoms with Crippen molar-refractivity contribution in [3.05, 3.63) is 99.2 Å². The molecule has 0 aliphatic rings. The molecule has 182 valence electrons. The number of rotatable bonds is 7. The quantitative estimate of drug-likeness (QED) is 0.277. The Morgan fingerprint density at radius 1 is 1.11 bits per heavy atom. The summed E-state index contributed by atoms with van der Waals surface area (Å²) < 4.78 is 52.8. The molecule has 0 bridgehead atoms. The maximum absolute atomic E-state index is 13.0. The average Bonchev–Trinajstić information content (AvgIpc) is 3.39. The van der Waals surface area contributed by atoms with Crippen LogP contribution in [-0.2, 0) is 19.3 Å². The molecule has 4 rings (SSSR count). The van der Waals surface area contributed by atoms with Gasteiger partial charge in [-0.05, 0) is 71.7 Å².